The van der Waals surface area contributed by atoms with E-state index in [4.69, 9.17) is 0 Å². The minimum atomic E-state index is -0.116. The number of anilines is 1. The second kappa shape index (κ2) is 9.01. The smallest absolute Gasteiger partial charge is 0.236 e. The van der Waals surface area contributed by atoms with Crippen molar-refractivity contribution >= 4 is 51.4 Å². The first-order valence-corrected chi connectivity index (χ1v) is 11.6. The number of piperidine rings is 1. The van der Waals surface area contributed by atoms with Crippen molar-refractivity contribution in [2.75, 3.05) is 29.9 Å². The van der Waals surface area contributed by atoms with Crippen LogP contribution in [0.25, 0.3) is 10.6 Å². The van der Waals surface area contributed by atoms with E-state index in [-0.39, 0.29) is 17.6 Å². The van der Waals surface area contributed by atoms with E-state index in [1.54, 1.807) is 11.3 Å². The number of likely N-dealkylation sites (tertiary alicyclic amines) is 1. The van der Waals surface area contributed by atoms with Crippen LogP contribution in [0, 0.1) is 11.8 Å². The van der Waals surface area contributed by atoms with E-state index in [1.807, 2.05) is 27.8 Å². The largest absolute Gasteiger partial charge is 0.341 e. The zero-order chi connectivity index (χ0) is 18.5. The van der Waals surface area contributed by atoms with Gasteiger partial charge in [0.2, 0.25) is 11.8 Å². The summed E-state index contributed by atoms with van der Waals surface area (Å²) in [6.07, 6.45) is 1.18. The summed E-state index contributed by atoms with van der Waals surface area (Å²) < 4.78 is 0. The maximum absolute atomic E-state index is 12.3. The third kappa shape index (κ3) is 5.31. The molecule has 1 N–H and O–H groups in total. The molecule has 1 aliphatic rings. The molecule has 3 heterocycles. The van der Waals surface area contributed by atoms with Crippen molar-refractivity contribution in [3.8, 4) is 10.6 Å². The Morgan fingerprint density at radius 2 is 2.04 bits per heavy atom. The molecule has 0 aliphatic carbocycles. The molecule has 1 fully saturated rings. The van der Waals surface area contributed by atoms with Gasteiger partial charge in [-0.3, -0.25) is 9.59 Å². The molecule has 2 aromatic heterocycles. The summed E-state index contributed by atoms with van der Waals surface area (Å²) in [5, 5.41) is 7.37. The Labute approximate surface area is 166 Å². The van der Waals surface area contributed by atoms with Crippen LogP contribution in [0.15, 0.2) is 22.9 Å². The lowest BCUT2D eigenvalue weighted by Crippen LogP contribution is -2.43. The van der Waals surface area contributed by atoms with Crippen molar-refractivity contribution in [2.24, 2.45) is 11.8 Å². The van der Waals surface area contributed by atoms with Crippen molar-refractivity contribution in [1.29, 1.82) is 0 Å². The van der Waals surface area contributed by atoms with Crippen LogP contribution in [0.1, 0.15) is 20.3 Å². The number of rotatable bonds is 6. The van der Waals surface area contributed by atoms with Gasteiger partial charge in [-0.2, -0.15) is 0 Å². The average Bonchev–Trinajstić information content (AvgIpc) is 3.25. The predicted molar refractivity (Wildman–Crippen MR) is 111 cm³/mol. The highest BCUT2D eigenvalue weighted by Gasteiger charge is 2.25. The molecule has 0 bridgehead atoms. The minimum Gasteiger partial charge on any atom is -0.341 e. The first kappa shape index (κ1) is 19.4. The van der Waals surface area contributed by atoms with Crippen LogP contribution >= 0.6 is 34.4 Å². The second-order valence-electron chi connectivity index (χ2n) is 6.80. The van der Waals surface area contributed by atoms with Crippen LogP contribution in [0.4, 0.5) is 5.13 Å². The molecule has 0 saturated carbocycles. The summed E-state index contributed by atoms with van der Waals surface area (Å²) in [5.74, 6) is 1.74. The molecule has 2 amide bonds. The number of nitrogens with zero attached hydrogens (tertiary/aromatic N) is 2. The normalized spacial score (nSPS) is 20.2. The number of aromatic nitrogens is 1. The van der Waals surface area contributed by atoms with Crippen molar-refractivity contribution < 1.29 is 9.59 Å². The first-order valence-electron chi connectivity index (χ1n) is 8.66. The highest BCUT2D eigenvalue weighted by Crippen LogP contribution is 2.28. The molecule has 0 radical (unpaired) electrons. The van der Waals surface area contributed by atoms with Crippen LogP contribution < -0.4 is 5.32 Å². The van der Waals surface area contributed by atoms with Crippen LogP contribution in [-0.2, 0) is 9.59 Å². The molecule has 1 saturated heterocycles. The summed E-state index contributed by atoms with van der Waals surface area (Å²) in [6, 6.07) is 3.99. The zero-order valence-electron chi connectivity index (χ0n) is 14.9. The number of amides is 2. The van der Waals surface area contributed by atoms with E-state index in [1.165, 1.54) is 29.5 Å². The fourth-order valence-electron chi connectivity index (χ4n) is 3.21. The Bertz CT molecular complexity index is 735. The van der Waals surface area contributed by atoms with Crippen molar-refractivity contribution in [3.05, 3.63) is 22.9 Å². The number of thiazole rings is 1. The molecule has 3 rings (SSSR count). The van der Waals surface area contributed by atoms with E-state index in [9.17, 15) is 9.59 Å². The lowest BCUT2D eigenvalue weighted by atomic mass is 9.92. The van der Waals surface area contributed by atoms with E-state index >= 15 is 0 Å². The number of hydrogen-bond acceptors (Lipinski definition) is 6. The van der Waals surface area contributed by atoms with Gasteiger partial charge in [0.1, 0.15) is 0 Å². The number of thioether (sulfide) groups is 1. The summed E-state index contributed by atoms with van der Waals surface area (Å²) in [6.45, 7) is 6.05. The standard InChI is InChI=1S/C18H23N3O2S3/c1-12-6-13(2)8-21(7-12)17(23)11-24-10-16(22)20-18-19-14(9-26-18)15-4-3-5-25-15/h3-5,9,12-13H,6-8,10-11H2,1-2H3,(H,19,20,22)/t12-,13+. The van der Waals surface area contributed by atoms with Crippen molar-refractivity contribution in [2.45, 2.75) is 20.3 Å². The fraction of sp³-hybridized carbons (Fsp3) is 0.500. The SMILES string of the molecule is C[C@@H]1C[C@H](C)CN(C(=O)CSCC(=O)Nc2nc(-c3cccs3)cs2)C1. The Morgan fingerprint density at radius 3 is 2.73 bits per heavy atom. The number of thiophene rings is 1. The first-order chi connectivity index (χ1) is 12.5. The maximum atomic E-state index is 12.3. The minimum absolute atomic E-state index is 0.116. The Hall–Kier alpha value is -1.38. The van der Waals surface area contributed by atoms with Crippen LogP contribution in [-0.4, -0.2) is 46.3 Å². The van der Waals surface area contributed by atoms with Gasteiger partial charge in [-0.25, -0.2) is 4.98 Å². The fourth-order valence-corrected chi connectivity index (χ4v) is 5.42. The Morgan fingerprint density at radius 1 is 1.27 bits per heavy atom. The van der Waals surface area contributed by atoms with Crippen molar-refractivity contribution in [3.63, 3.8) is 0 Å². The molecule has 0 aromatic carbocycles. The summed E-state index contributed by atoms with van der Waals surface area (Å²) >= 11 is 4.41. The van der Waals surface area contributed by atoms with E-state index in [0.29, 0.717) is 22.7 Å². The molecule has 1 aliphatic heterocycles. The maximum Gasteiger partial charge on any atom is 0.236 e. The average molecular weight is 410 g/mol. The van der Waals surface area contributed by atoms with Crippen LogP contribution in [0.3, 0.4) is 0 Å². The number of carbonyl (C=O) groups excluding carboxylic acids is 2. The van der Waals surface area contributed by atoms with Crippen LogP contribution in [0.2, 0.25) is 0 Å². The quantitative estimate of drug-likeness (QED) is 0.782. The van der Waals surface area contributed by atoms with Gasteiger partial charge in [0.25, 0.3) is 0 Å². The molecular weight excluding hydrogens is 386 g/mol. The molecular formula is C18H23N3O2S3. The van der Waals surface area contributed by atoms with Gasteiger partial charge in [-0.15, -0.1) is 34.4 Å². The zero-order valence-corrected chi connectivity index (χ0v) is 17.4. The molecule has 5 nitrogen and oxygen atoms in total. The molecule has 8 heteroatoms. The third-order valence-electron chi connectivity index (χ3n) is 4.20. The van der Waals surface area contributed by atoms with E-state index < -0.39 is 0 Å². The van der Waals surface area contributed by atoms with E-state index in [0.717, 1.165) is 23.7 Å². The molecule has 26 heavy (non-hydrogen) atoms. The van der Waals surface area contributed by atoms with Gasteiger partial charge in [0.05, 0.1) is 22.1 Å². The van der Waals surface area contributed by atoms with Gasteiger partial charge in [-0.05, 0) is 29.7 Å². The highest BCUT2D eigenvalue weighted by atomic mass is 32.2. The van der Waals surface area contributed by atoms with Gasteiger partial charge in [0.15, 0.2) is 5.13 Å². The van der Waals surface area contributed by atoms with Gasteiger partial charge in [-0.1, -0.05) is 19.9 Å². The monoisotopic (exact) mass is 409 g/mol. The van der Waals surface area contributed by atoms with Gasteiger partial charge < -0.3 is 10.2 Å². The Kier molecular flexibility index (Phi) is 6.72. The molecule has 2 aromatic rings. The van der Waals surface area contributed by atoms with Gasteiger partial charge >= 0.3 is 0 Å². The molecule has 0 unspecified atom stereocenters. The second-order valence-corrected chi connectivity index (χ2v) is 9.59. The lowest BCUT2D eigenvalue weighted by molar-refractivity contribution is -0.130. The lowest BCUT2D eigenvalue weighted by Gasteiger charge is -2.35. The summed E-state index contributed by atoms with van der Waals surface area (Å²) in [7, 11) is 0. The van der Waals surface area contributed by atoms with E-state index in [2.05, 4.69) is 24.1 Å². The van der Waals surface area contributed by atoms with Crippen molar-refractivity contribution in [1.82, 2.24) is 9.88 Å². The number of carbonyl (C=O) groups is 2. The summed E-state index contributed by atoms with van der Waals surface area (Å²) in [4.78, 5) is 31.9. The molecule has 0 spiro atoms. The number of hydrogen-bond donors (Lipinski definition) is 1. The summed E-state index contributed by atoms with van der Waals surface area (Å²) in [5.41, 5.74) is 0.886. The Balaban J connectivity index is 1.41. The van der Waals surface area contributed by atoms with Gasteiger partial charge in [0, 0.05) is 18.5 Å². The number of nitrogens with one attached hydrogen (secondary N) is 1. The highest BCUT2D eigenvalue weighted by molar-refractivity contribution is 8.00. The topological polar surface area (TPSA) is 62.3 Å². The third-order valence-corrected chi connectivity index (χ3v) is 6.77. The van der Waals surface area contributed by atoms with Crippen LogP contribution in [0.5, 0.6) is 0 Å². The molecule has 2 atom stereocenters. The predicted octanol–water partition coefficient (Wildman–Crippen LogP) is 4.05. The molecule has 140 valence electrons.